The zero-order valence-electron chi connectivity index (χ0n) is 15.1. The average molecular weight is 415 g/mol. The first-order valence-corrected chi connectivity index (χ1v) is 11.0. The fourth-order valence-corrected chi connectivity index (χ4v) is 5.16. The van der Waals surface area contributed by atoms with E-state index in [1.807, 2.05) is 32.0 Å². The molecular weight excluding hydrogens is 398 g/mol. The molecule has 2 N–H and O–H groups in total. The molecule has 4 rings (SSSR count). The summed E-state index contributed by atoms with van der Waals surface area (Å²) in [5.74, 6) is -1.08. The van der Waals surface area contributed by atoms with E-state index in [-0.39, 0.29) is 17.2 Å². The minimum atomic E-state index is -3.29. The highest BCUT2D eigenvalue weighted by Gasteiger charge is 2.26. The predicted molar refractivity (Wildman–Crippen MR) is 108 cm³/mol. The highest BCUT2D eigenvalue weighted by molar-refractivity contribution is 7.94. The monoisotopic (exact) mass is 415 g/mol. The van der Waals surface area contributed by atoms with Crippen molar-refractivity contribution in [2.75, 3.05) is 5.75 Å². The number of fused-ring (bicyclic) bond motifs is 1. The van der Waals surface area contributed by atoms with Gasteiger partial charge < -0.3 is 10.4 Å². The second-order valence-electron chi connectivity index (χ2n) is 6.73. The van der Waals surface area contributed by atoms with Crippen molar-refractivity contribution in [2.45, 2.75) is 19.9 Å². The number of aryl methyl sites for hydroxylation is 2. The number of carbonyl (C=O) groups is 1. The second kappa shape index (κ2) is 6.68. The van der Waals surface area contributed by atoms with Crippen LogP contribution in [0, 0.1) is 13.8 Å². The van der Waals surface area contributed by atoms with E-state index in [0.29, 0.717) is 10.2 Å². The minimum absolute atomic E-state index is 0.152. The lowest BCUT2D eigenvalue weighted by atomic mass is 10.1. The van der Waals surface area contributed by atoms with E-state index in [9.17, 15) is 18.3 Å². The van der Waals surface area contributed by atoms with E-state index in [1.165, 1.54) is 29.2 Å². The van der Waals surface area contributed by atoms with E-state index in [1.54, 1.807) is 0 Å². The van der Waals surface area contributed by atoms with Crippen LogP contribution in [0.1, 0.15) is 21.6 Å². The molecule has 1 amide bonds. The number of aromatic hydroxyl groups is 1. The Labute approximate surface area is 165 Å². The van der Waals surface area contributed by atoms with Crippen LogP contribution in [0.3, 0.4) is 0 Å². The topological polar surface area (TPSA) is 109 Å². The second-order valence-corrected chi connectivity index (χ2v) is 9.66. The molecule has 28 heavy (non-hydrogen) atoms. The largest absolute Gasteiger partial charge is 0.504 e. The van der Waals surface area contributed by atoms with Gasteiger partial charge in [-0.1, -0.05) is 12.1 Å². The van der Waals surface area contributed by atoms with Gasteiger partial charge in [-0.3, -0.25) is 4.79 Å². The van der Waals surface area contributed by atoms with Gasteiger partial charge in [0.25, 0.3) is 5.91 Å². The summed E-state index contributed by atoms with van der Waals surface area (Å²) < 4.78 is 23.4. The number of hydrogen-bond donors (Lipinski definition) is 2. The van der Waals surface area contributed by atoms with Crippen molar-refractivity contribution >= 4 is 37.3 Å². The zero-order chi connectivity index (χ0) is 20.1. The average Bonchev–Trinajstić information content (AvgIpc) is 3.21. The Morgan fingerprint density at radius 1 is 1.29 bits per heavy atom. The first-order valence-electron chi connectivity index (χ1n) is 8.51. The molecule has 0 saturated heterocycles. The van der Waals surface area contributed by atoms with E-state index in [4.69, 9.17) is 0 Å². The van der Waals surface area contributed by atoms with Crippen LogP contribution >= 0.6 is 11.3 Å². The molecule has 1 aromatic carbocycles. The summed E-state index contributed by atoms with van der Waals surface area (Å²) in [6, 6.07) is 5.36. The molecule has 1 unspecified atom stereocenters. The molecule has 3 aromatic rings. The van der Waals surface area contributed by atoms with Gasteiger partial charge in [0.1, 0.15) is 15.2 Å². The molecule has 7 nitrogen and oxygen atoms in total. The summed E-state index contributed by atoms with van der Waals surface area (Å²) >= 11 is 1.27. The van der Waals surface area contributed by atoms with Crippen molar-refractivity contribution in [1.82, 2.24) is 15.3 Å². The van der Waals surface area contributed by atoms with Crippen LogP contribution in [-0.4, -0.2) is 41.2 Å². The summed E-state index contributed by atoms with van der Waals surface area (Å²) in [6.07, 6.45) is 2.85. The summed E-state index contributed by atoms with van der Waals surface area (Å²) in [6.45, 7) is 4.05. The Bertz CT molecular complexity index is 1250. The molecule has 0 saturated carbocycles. The quantitative estimate of drug-likeness (QED) is 0.681. The summed E-state index contributed by atoms with van der Waals surface area (Å²) in [5, 5.41) is 14.9. The Morgan fingerprint density at radius 3 is 2.75 bits per heavy atom. The number of rotatable bonds is 3. The van der Waals surface area contributed by atoms with Crippen LogP contribution in [0.5, 0.6) is 5.75 Å². The third-order valence-corrected chi connectivity index (χ3v) is 7.15. The van der Waals surface area contributed by atoms with E-state index < -0.39 is 21.8 Å². The lowest BCUT2D eigenvalue weighted by molar-refractivity contribution is 0.0940. The molecule has 0 bridgehead atoms. The lowest BCUT2D eigenvalue weighted by Gasteiger charge is -2.10. The summed E-state index contributed by atoms with van der Waals surface area (Å²) in [4.78, 5) is 21.0. The lowest BCUT2D eigenvalue weighted by Crippen LogP contribution is -2.35. The molecule has 0 aliphatic carbocycles. The fraction of sp³-hybridized carbons (Fsp3) is 0.211. The number of pyridine rings is 1. The molecule has 2 aromatic heterocycles. The molecule has 0 spiro atoms. The number of nitrogens with one attached hydrogen (secondary N) is 1. The molecule has 1 aliphatic rings. The Kier molecular flexibility index (Phi) is 4.43. The van der Waals surface area contributed by atoms with Crippen LogP contribution in [0.15, 0.2) is 35.9 Å². The number of amides is 1. The van der Waals surface area contributed by atoms with Crippen molar-refractivity contribution in [3.05, 3.63) is 52.7 Å². The third kappa shape index (κ3) is 3.38. The van der Waals surface area contributed by atoms with Crippen molar-refractivity contribution in [2.24, 2.45) is 0 Å². The molecule has 3 heterocycles. The first-order chi connectivity index (χ1) is 13.2. The van der Waals surface area contributed by atoms with E-state index in [2.05, 4.69) is 15.3 Å². The van der Waals surface area contributed by atoms with Crippen molar-refractivity contribution in [1.29, 1.82) is 0 Å². The number of carbonyl (C=O) groups excluding carboxylic acids is 1. The Hall–Kier alpha value is -2.78. The Morgan fingerprint density at radius 2 is 2.07 bits per heavy atom. The number of hydrogen-bond acceptors (Lipinski definition) is 7. The standard InChI is InChI=1S/C19H17N3O4S2/c1-10-3-4-12(7-11(10)2)19-22-14-8-20-15(16(23)17(14)27-19)18(24)21-13-5-6-28(25,26)9-13/h3-8,13,23H,9H2,1-2H3,(H,21,24). The van der Waals surface area contributed by atoms with Gasteiger partial charge in [0.05, 0.1) is 18.0 Å². The smallest absolute Gasteiger partial charge is 0.274 e. The number of aromatic nitrogens is 2. The summed E-state index contributed by atoms with van der Waals surface area (Å²) in [5.41, 5.74) is 3.59. The highest BCUT2D eigenvalue weighted by Crippen LogP contribution is 2.37. The van der Waals surface area contributed by atoms with E-state index in [0.717, 1.165) is 21.5 Å². The van der Waals surface area contributed by atoms with Crippen LogP contribution < -0.4 is 5.32 Å². The van der Waals surface area contributed by atoms with Gasteiger partial charge >= 0.3 is 0 Å². The van der Waals surface area contributed by atoms with Crippen molar-refractivity contribution in [3.63, 3.8) is 0 Å². The number of sulfone groups is 1. The third-order valence-electron chi connectivity index (χ3n) is 4.62. The van der Waals surface area contributed by atoms with Gasteiger partial charge in [0.2, 0.25) is 0 Å². The molecule has 144 valence electrons. The maximum absolute atomic E-state index is 12.5. The van der Waals surface area contributed by atoms with E-state index >= 15 is 0 Å². The zero-order valence-corrected chi connectivity index (χ0v) is 16.8. The molecular formula is C19H17N3O4S2. The van der Waals surface area contributed by atoms with Gasteiger partial charge in [0, 0.05) is 11.0 Å². The first kappa shape index (κ1) is 18.6. The van der Waals surface area contributed by atoms with Gasteiger partial charge in [-0.2, -0.15) is 0 Å². The molecule has 9 heteroatoms. The van der Waals surface area contributed by atoms with Crippen LogP contribution in [-0.2, 0) is 9.84 Å². The van der Waals surface area contributed by atoms with Gasteiger partial charge in [-0.15, -0.1) is 11.3 Å². The van der Waals surface area contributed by atoms with Crippen molar-refractivity contribution < 1.29 is 18.3 Å². The number of nitrogens with zero attached hydrogens (tertiary/aromatic N) is 2. The molecule has 0 fully saturated rings. The molecule has 0 radical (unpaired) electrons. The summed E-state index contributed by atoms with van der Waals surface area (Å²) in [7, 11) is -3.29. The maximum Gasteiger partial charge on any atom is 0.274 e. The fourth-order valence-electron chi connectivity index (χ4n) is 2.95. The molecule has 1 aliphatic heterocycles. The minimum Gasteiger partial charge on any atom is -0.504 e. The normalized spacial score (nSPS) is 17.9. The Balaban J connectivity index is 1.66. The van der Waals surface area contributed by atoms with Crippen LogP contribution in [0.2, 0.25) is 0 Å². The molecule has 1 atom stereocenters. The van der Waals surface area contributed by atoms with Crippen LogP contribution in [0.4, 0.5) is 0 Å². The van der Waals surface area contributed by atoms with Gasteiger partial charge in [-0.25, -0.2) is 18.4 Å². The van der Waals surface area contributed by atoms with Gasteiger partial charge in [-0.05, 0) is 37.1 Å². The van der Waals surface area contributed by atoms with Crippen molar-refractivity contribution in [3.8, 4) is 16.3 Å². The maximum atomic E-state index is 12.5. The number of benzene rings is 1. The van der Waals surface area contributed by atoms with Crippen LogP contribution in [0.25, 0.3) is 20.8 Å². The SMILES string of the molecule is Cc1ccc(-c2nc3cnc(C(=O)NC4C=CS(=O)(=O)C4)c(O)c3s2)cc1C. The van der Waals surface area contributed by atoms with Gasteiger partial charge in [0.15, 0.2) is 21.3 Å². The number of thiazole rings is 1. The predicted octanol–water partition coefficient (Wildman–Crippen LogP) is 2.72. The highest BCUT2D eigenvalue weighted by atomic mass is 32.2.